The maximum Gasteiger partial charge on any atom is 0.573 e. The van der Waals surface area contributed by atoms with Crippen molar-refractivity contribution in [1.29, 1.82) is 0 Å². The van der Waals surface area contributed by atoms with Crippen LogP contribution in [0.5, 0.6) is 5.75 Å². The summed E-state index contributed by atoms with van der Waals surface area (Å²) in [6, 6.07) is 4.66. The van der Waals surface area contributed by atoms with E-state index in [0.29, 0.717) is 12.6 Å². The zero-order valence-electron chi connectivity index (χ0n) is 14.2. The minimum Gasteiger partial charge on any atom is -0.406 e. The summed E-state index contributed by atoms with van der Waals surface area (Å²) in [5.74, 6) is -0.190. The number of halogens is 3. The van der Waals surface area contributed by atoms with Gasteiger partial charge in [-0.3, -0.25) is 0 Å². The molecule has 9 heteroatoms. The molecule has 142 valence electrons. The SMILES string of the molecule is CC(C)N1CCC(CNS(=O)(=O)c2ccc(OC(F)(F)F)cc2)CC1. The molecule has 0 unspecified atom stereocenters. The molecular weight excluding hydrogens is 357 g/mol. The predicted molar refractivity (Wildman–Crippen MR) is 87.7 cm³/mol. The van der Waals surface area contributed by atoms with E-state index in [2.05, 4.69) is 28.2 Å². The molecule has 0 amide bonds. The van der Waals surface area contributed by atoms with Crippen molar-refractivity contribution in [2.75, 3.05) is 19.6 Å². The second-order valence-corrected chi connectivity index (χ2v) is 8.21. The van der Waals surface area contributed by atoms with Crippen molar-refractivity contribution >= 4 is 10.0 Å². The molecule has 0 aliphatic carbocycles. The molecule has 0 radical (unpaired) electrons. The molecule has 0 saturated carbocycles. The van der Waals surface area contributed by atoms with Gasteiger partial charge in [-0.05, 0) is 70.0 Å². The van der Waals surface area contributed by atoms with Crippen LogP contribution < -0.4 is 9.46 Å². The third-order valence-corrected chi connectivity index (χ3v) is 5.75. The maximum atomic E-state index is 12.3. The standard InChI is InChI=1S/C16H23F3N2O3S/c1-12(2)21-9-7-13(8-10-21)11-20-25(22,23)15-5-3-14(4-6-15)24-16(17,18)19/h3-6,12-13,20H,7-11H2,1-2H3. The highest BCUT2D eigenvalue weighted by Gasteiger charge is 2.31. The Morgan fingerprint density at radius 2 is 1.76 bits per heavy atom. The number of hydrogen-bond acceptors (Lipinski definition) is 4. The Morgan fingerprint density at radius 3 is 2.24 bits per heavy atom. The van der Waals surface area contributed by atoms with Crippen LogP contribution in [-0.4, -0.2) is 45.4 Å². The highest BCUT2D eigenvalue weighted by Crippen LogP contribution is 2.24. The van der Waals surface area contributed by atoms with E-state index < -0.39 is 22.1 Å². The summed E-state index contributed by atoms with van der Waals surface area (Å²) in [6.07, 6.45) is -2.97. The van der Waals surface area contributed by atoms with E-state index in [1.807, 2.05) is 0 Å². The van der Waals surface area contributed by atoms with Crippen LogP contribution in [0.2, 0.25) is 0 Å². The Bertz CT molecular complexity index is 652. The molecule has 1 saturated heterocycles. The van der Waals surface area contributed by atoms with Crippen LogP contribution in [0.1, 0.15) is 26.7 Å². The molecule has 1 aromatic rings. The average molecular weight is 380 g/mol. The molecule has 1 heterocycles. The van der Waals surface area contributed by atoms with Crippen molar-refractivity contribution in [2.24, 2.45) is 5.92 Å². The quantitative estimate of drug-likeness (QED) is 0.824. The van der Waals surface area contributed by atoms with Crippen LogP contribution in [0.3, 0.4) is 0 Å². The number of alkyl halides is 3. The second-order valence-electron chi connectivity index (χ2n) is 6.44. The van der Waals surface area contributed by atoms with Crippen LogP contribution in [-0.2, 0) is 10.0 Å². The Hall–Kier alpha value is -1.32. The molecule has 1 fully saturated rings. The van der Waals surface area contributed by atoms with Crippen LogP contribution in [0, 0.1) is 5.92 Å². The summed E-state index contributed by atoms with van der Waals surface area (Å²) < 4.78 is 67.2. The van der Waals surface area contributed by atoms with Crippen molar-refractivity contribution in [3.05, 3.63) is 24.3 Å². The number of ether oxygens (including phenoxy) is 1. The van der Waals surface area contributed by atoms with E-state index in [4.69, 9.17) is 0 Å². The van der Waals surface area contributed by atoms with E-state index in [1.54, 1.807) is 0 Å². The van der Waals surface area contributed by atoms with Crippen molar-refractivity contribution < 1.29 is 26.3 Å². The molecule has 0 atom stereocenters. The second kappa shape index (κ2) is 7.92. The zero-order chi connectivity index (χ0) is 18.7. The fraction of sp³-hybridized carbons (Fsp3) is 0.625. The molecule has 0 spiro atoms. The largest absolute Gasteiger partial charge is 0.573 e. The van der Waals surface area contributed by atoms with Gasteiger partial charge in [0, 0.05) is 12.6 Å². The normalized spacial score (nSPS) is 17.8. The van der Waals surface area contributed by atoms with Crippen molar-refractivity contribution in [2.45, 2.75) is 44.0 Å². The average Bonchev–Trinajstić information content (AvgIpc) is 2.52. The number of rotatable bonds is 6. The molecule has 1 N–H and O–H groups in total. The number of benzene rings is 1. The summed E-state index contributed by atoms with van der Waals surface area (Å²) in [7, 11) is -3.75. The highest BCUT2D eigenvalue weighted by molar-refractivity contribution is 7.89. The molecule has 0 aromatic heterocycles. The third-order valence-electron chi connectivity index (χ3n) is 4.31. The summed E-state index contributed by atoms with van der Waals surface area (Å²) in [6.45, 7) is 6.47. The lowest BCUT2D eigenvalue weighted by Crippen LogP contribution is -2.41. The predicted octanol–water partition coefficient (Wildman–Crippen LogP) is 2.98. The van der Waals surface area contributed by atoms with E-state index in [1.165, 1.54) is 0 Å². The molecule has 25 heavy (non-hydrogen) atoms. The summed E-state index contributed by atoms with van der Waals surface area (Å²) in [5.41, 5.74) is 0. The van der Waals surface area contributed by atoms with Crippen LogP contribution >= 0.6 is 0 Å². The number of nitrogens with one attached hydrogen (secondary N) is 1. The first-order chi connectivity index (χ1) is 11.6. The van der Waals surface area contributed by atoms with Crippen molar-refractivity contribution in [3.63, 3.8) is 0 Å². The van der Waals surface area contributed by atoms with Gasteiger partial charge in [-0.15, -0.1) is 13.2 Å². The molecule has 1 aliphatic heterocycles. The first kappa shape index (κ1) is 20.0. The topological polar surface area (TPSA) is 58.6 Å². The molecule has 1 aliphatic rings. The summed E-state index contributed by atoms with van der Waals surface area (Å²) in [5, 5.41) is 0. The third kappa shape index (κ3) is 6.16. The lowest BCUT2D eigenvalue weighted by molar-refractivity contribution is -0.274. The molecule has 1 aromatic carbocycles. The number of hydrogen-bond donors (Lipinski definition) is 1. The van der Waals surface area contributed by atoms with Gasteiger partial charge in [0.05, 0.1) is 4.90 Å². The number of piperidine rings is 1. The zero-order valence-corrected chi connectivity index (χ0v) is 15.0. The van der Waals surface area contributed by atoms with E-state index in [0.717, 1.165) is 50.2 Å². The summed E-state index contributed by atoms with van der Waals surface area (Å²) in [4.78, 5) is 2.27. The molecule has 0 bridgehead atoms. The first-order valence-corrected chi connectivity index (χ1v) is 9.64. The molecule has 5 nitrogen and oxygen atoms in total. The highest BCUT2D eigenvalue weighted by atomic mass is 32.2. The van der Waals surface area contributed by atoms with E-state index >= 15 is 0 Å². The van der Waals surface area contributed by atoms with E-state index in [-0.39, 0.29) is 10.8 Å². The minimum atomic E-state index is -4.80. The smallest absolute Gasteiger partial charge is 0.406 e. The van der Waals surface area contributed by atoms with Crippen LogP contribution in [0.15, 0.2) is 29.2 Å². The lowest BCUT2D eigenvalue weighted by atomic mass is 9.96. The number of likely N-dealkylation sites (tertiary alicyclic amines) is 1. The summed E-state index contributed by atoms with van der Waals surface area (Å²) >= 11 is 0. The van der Waals surface area contributed by atoms with Gasteiger partial charge >= 0.3 is 6.36 Å². The fourth-order valence-electron chi connectivity index (χ4n) is 2.80. The Labute approximate surface area is 146 Å². The Kier molecular flexibility index (Phi) is 6.34. The Balaban J connectivity index is 1.89. The van der Waals surface area contributed by atoms with E-state index in [9.17, 15) is 21.6 Å². The van der Waals surface area contributed by atoms with Crippen molar-refractivity contribution in [1.82, 2.24) is 9.62 Å². The number of nitrogens with zero attached hydrogens (tertiary/aromatic N) is 1. The number of sulfonamides is 1. The monoisotopic (exact) mass is 380 g/mol. The van der Waals surface area contributed by atoms with Gasteiger partial charge in [0.1, 0.15) is 5.75 Å². The Morgan fingerprint density at radius 1 is 1.20 bits per heavy atom. The van der Waals surface area contributed by atoms with Gasteiger partial charge in [0.2, 0.25) is 10.0 Å². The van der Waals surface area contributed by atoms with Gasteiger partial charge < -0.3 is 9.64 Å². The van der Waals surface area contributed by atoms with Gasteiger partial charge in [0.25, 0.3) is 0 Å². The lowest BCUT2D eigenvalue weighted by Gasteiger charge is -2.34. The van der Waals surface area contributed by atoms with Gasteiger partial charge in [-0.1, -0.05) is 0 Å². The fourth-order valence-corrected chi connectivity index (χ4v) is 3.92. The van der Waals surface area contributed by atoms with Crippen molar-refractivity contribution in [3.8, 4) is 5.75 Å². The molecule has 2 rings (SSSR count). The van der Waals surface area contributed by atoms with Gasteiger partial charge in [-0.2, -0.15) is 0 Å². The van der Waals surface area contributed by atoms with Crippen LogP contribution in [0.25, 0.3) is 0 Å². The van der Waals surface area contributed by atoms with Gasteiger partial charge in [0.15, 0.2) is 0 Å². The maximum absolute atomic E-state index is 12.3. The minimum absolute atomic E-state index is 0.0818. The van der Waals surface area contributed by atoms with Gasteiger partial charge in [-0.25, -0.2) is 13.1 Å². The first-order valence-electron chi connectivity index (χ1n) is 8.16. The molecular formula is C16H23F3N2O3S. The van der Waals surface area contributed by atoms with Crippen LogP contribution in [0.4, 0.5) is 13.2 Å².